The Labute approximate surface area is 175 Å². The van der Waals surface area contributed by atoms with Crippen molar-refractivity contribution >= 4 is 28.2 Å². The number of carboxylic acids is 1. The van der Waals surface area contributed by atoms with E-state index in [9.17, 15) is 14.7 Å². The number of fused-ring (bicyclic) bond motifs is 2. The number of hydrogen-bond donors (Lipinski definition) is 2. The van der Waals surface area contributed by atoms with Crippen LogP contribution in [0.1, 0.15) is 40.4 Å². The molecule has 0 atom stereocenters. The van der Waals surface area contributed by atoms with Gasteiger partial charge in [-0.2, -0.15) is 0 Å². The molecule has 0 spiro atoms. The second-order valence-corrected chi connectivity index (χ2v) is 7.88. The highest BCUT2D eigenvalue weighted by molar-refractivity contribution is 5.99. The topological polar surface area (TPSA) is 97.8 Å². The molecule has 2 heterocycles. The first kappa shape index (κ1) is 19.3. The van der Waals surface area contributed by atoms with Gasteiger partial charge in [0.15, 0.2) is 11.6 Å². The van der Waals surface area contributed by atoms with Crippen LogP contribution < -0.4 is 20.8 Å². The monoisotopic (exact) mass is 427 g/mol. The summed E-state index contributed by atoms with van der Waals surface area (Å²) in [4.78, 5) is 25.8. The smallest absolute Gasteiger partial charge is 0.341 e. The van der Waals surface area contributed by atoms with Crippen molar-refractivity contribution in [1.29, 1.82) is 0 Å². The molecule has 3 N–H and O–H groups in total. The average Bonchev–Trinajstić information content (AvgIpc) is 3.49. The number of methoxy groups -OCH3 is 1. The molecule has 1 fully saturated rings. The van der Waals surface area contributed by atoms with Crippen LogP contribution in [0.2, 0.25) is 0 Å². The van der Waals surface area contributed by atoms with E-state index in [0.717, 1.165) is 17.3 Å². The van der Waals surface area contributed by atoms with E-state index in [1.165, 1.54) is 16.6 Å². The number of benzene rings is 2. The molecule has 1 aliphatic carbocycles. The van der Waals surface area contributed by atoms with E-state index < -0.39 is 39.7 Å². The van der Waals surface area contributed by atoms with Crippen molar-refractivity contribution in [2.45, 2.75) is 32.0 Å². The van der Waals surface area contributed by atoms with E-state index in [0.29, 0.717) is 18.6 Å². The first-order valence-electron chi connectivity index (χ1n) is 9.81. The van der Waals surface area contributed by atoms with Gasteiger partial charge in [-0.25, -0.2) is 13.6 Å². The molecular weight excluding hydrogens is 408 g/mol. The Hall–Kier alpha value is -3.62. The van der Waals surface area contributed by atoms with Gasteiger partial charge in [0, 0.05) is 30.9 Å². The van der Waals surface area contributed by atoms with Crippen LogP contribution in [0, 0.1) is 11.6 Å². The van der Waals surface area contributed by atoms with Crippen molar-refractivity contribution in [1.82, 2.24) is 4.57 Å². The predicted octanol–water partition coefficient (Wildman–Crippen LogP) is 3.42. The normalized spacial score (nSPS) is 15.4. The lowest BCUT2D eigenvalue weighted by Gasteiger charge is -2.23. The van der Waals surface area contributed by atoms with Crippen LogP contribution in [0.4, 0.5) is 20.2 Å². The highest BCUT2D eigenvalue weighted by Gasteiger charge is 2.34. The van der Waals surface area contributed by atoms with Gasteiger partial charge in [-0.1, -0.05) is 12.1 Å². The number of nitrogens with zero attached hydrogens (tertiary/aromatic N) is 2. The van der Waals surface area contributed by atoms with E-state index in [4.69, 9.17) is 10.5 Å². The summed E-state index contributed by atoms with van der Waals surface area (Å²) in [7, 11) is 1.53. The number of ether oxygens (including phenoxy) is 1. The third-order valence-corrected chi connectivity index (χ3v) is 6.01. The lowest BCUT2D eigenvalue weighted by molar-refractivity contribution is 0.0695. The second kappa shape index (κ2) is 6.69. The van der Waals surface area contributed by atoms with Crippen LogP contribution in [0.5, 0.6) is 5.75 Å². The molecule has 0 bridgehead atoms. The minimum Gasteiger partial charge on any atom is -0.496 e. The van der Waals surface area contributed by atoms with Crippen LogP contribution in [0.25, 0.3) is 10.9 Å². The Kier molecular flexibility index (Phi) is 4.18. The summed E-state index contributed by atoms with van der Waals surface area (Å²) in [5.41, 5.74) is 5.08. The summed E-state index contributed by atoms with van der Waals surface area (Å²) in [6.07, 6.45) is 2.54. The number of carbonyl (C=O) groups is 1. The van der Waals surface area contributed by atoms with Gasteiger partial charge in [0.1, 0.15) is 17.0 Å². The minimum absolute atomic E-state index is 0.158. The molecule has 0 amide bonds. The quantitative estimate of drug-likeness (QED) is 0.620. The first-order valence-corrected chi connectivity index (χ1v) is 9.81. The van der Waals surface area contributed by atoms with E-state index in [1.54, 1.807) is 12.1 Å². The maximum Gasteiger partial charge on any atom is 0.341 e. The van der Waals surface area contributed by atoms with Gasteiger partial charge in [0.05, 0.1) is 23.7 Å². The Balaban J connectivity index is 1.77. The highest BCUT2D eigenvalue weighted by Crippen LogP contribution is 2.43. The molecule has 3 aromatic rings. The lowest BCUT2D eigenvalue weighted by Crippen LogP contribution is -2.24. The summed E-state index contributed by atoms with van der Waals surface area (Å²) in [6, 6.07) is 5.28. The summed E-state index contributed by atoms with van der Waals surface area (Å²) in [6.45, 7) is 0.450. The van der Waals surface area contributed by atoms with Crippen molar-refractivity contribution in [2.24, 2.45) is 0 Å². The Bertz CT molecular complexity index is 1330. The van der Waals surface area contributed by atoms with Crippen molar-refractivity contribution in [2.75, 3.05) is 17.7 Å². The molecule has 0 radical (unpaired) electrons. The van der Waals surface area contributed by atoms with Gasteiger partial charge in [0.25, 0.3) is 0 Å². The number of halogens is 2. The molecule has 0 saturated heterocycles. The fourth-order valence-electron chi connectivity index (χ4n) is 4.36. The largest absolute Gasteiger partial charge is 0.496 e. The lowest BCUT2D eigenvalue weighted by atomic mass is 10.1. The summed E-state index contributed by atoms with van der Waals surface area (Å²) < 4.78 is 38.0. The number of anilines is 2. The molecule has 1 aliphatic heterocycles. The Morgan fingerprint density at radius 3 is 2.61 bits per heavy atom. The third-order valence-electron chi connectivity index (χ3n) is 6.01. The van der Waals surface area contributed by atoms with E-state index >= 15 is 8.78 Å². The van der Waals surface area contributed by atoms with Gasteiger partial charge in [0.2, 0.25) is 5.43 Å². The molecule has 2 aromatic carbocycles. The van der Waals surface area contributed by atoms with Crippen molar-refractivity contribution in [3.63, 3.8) is 0 Å². The molecule has 1 aromatic heterocycles. The number of nitrogen functional groups attached to an aromatic ring is 1. The molecule has 0 unspecified atom stereocenters. The number of rotatable bonds is 4. The number of aromatic carboxylic acids is 1. The zero-order valence-corrected chi connectivity index (χ0v) is 16.6. The molecule has 9 heteroatoms. The highest BCUT2D eigenvalue weighted by atomic mass is 19.1. The second-order valence-electron chi connectivity index (χ2n) is 7.88. The summed E-state index contributed by atoms with van der Waals surface area (Å²) in [5.74, 6) is -2.84. The zero-order chi connectivity index (χ0) is 22.0. The summed E-state index contributed by atoms with van der Waals surface area (Å²) in [5, 5.41) is 8.97. The molecule has 7 nitrogen and oxygen atoms in total. The Morgan fingerprint density at radius 1 is 1.23 bits per heavy atom. The fraction of sp³-hybridized carbons (Fsp3) is 0.273. The molecule has 31 heavy (non-hydrogen) atoms. The van der Waals surface area contributed by atoms with Crippen LogP contribution in [0.15, 0.2) is 29.2 Å². The van der Waals surface area contributed by atoms with Crippen LogP contribution in [0.3, 0.4) is 0 Å². The standard InChI is InChI=1S/C22H19F2N3O4/c1-31-14-4-2-3-10-7-26(8-12(10)14)20-16(23)18(25)15-19(17(20)24)27(11-5-6-11)9-13(21(15)28)22(29)30/h2-4,9,11H,5-8,25H2,1H3,(H,29,30). The minimum atomic E-state index is -1.47. The third kappa shape index (κ3) is 2.76. The number of nitrogens with two attached hydrogens (primary N) is 1. The van der Waals surface area contributed by atoms with Gasteiger partial charge in [-0.05, 0) is 24.5 Å². The number of aromatic nitrogens is 1. The number of hydrogen-bond acceptors (Lipinski definition) is 5. The number of pyridine rings is 1. The van der Waals surface area contributed by atoms with E-state index in [1.807, 2.05) is 6.07 Å². The molecule has 5 rings (SSSR count). The van der Waals surface area contributed by atoms with Crippen LogP contribution >= 0.6 is 0 Å². The van der Waals surface area contributed by atoms with Crippen molar-refractivity contribution < 1.29 is 23.4 Å². The maximum atomic E-state index is 15.9. The van der Waals surface area contributed by atoms with Gasteiger partial charge >= 0.3 is 5.97 Å². The SMILES string of the molecule is COc1cccc2c1CN(c1c(F)c(N)c3c(=O)c(C(=O)O)cn(C4CC4)c3c1F)C2. The zero-order valence-electron chi connectivity index (χ0n) is 16.6. The number of carboxylic acid groups (broad SMARTS) is 1. The molecule has 2 aliphatic rings. The fourth-order valence-corrected chi connectivity index (χ4v) is 4.36. The van der Waals surface area contributed by atoms with Crippen molar-refractivity contribution in [3.05, 3.63) is 62.9 Å². The molecule has 1 saturated carbocycles. The maximum absolute atomic E-state index is 15.9. The summed E-state index contributed by atoms with van der Waals surface area (Å²) >= 11 is 0. The van der Waals surface area contributed by atoms with Crippen molar-refractivity contribution in [3.8, 4) is 5.75 Å². The predicted molar refractivity (Wildman–Crippen MR) is 111 cm³/mol. The van der Waals surface area contributed by atoms with Gasteiger partial charge < -0.3 is 25.0 Å². The van der Waals surface area contributed by atoms with Crippen LogP contribution in [-0.4, -0.2) is 22.8 Å². The van der Waals surface area contributed by atoms with Crippen LogP contribution in [-0.2, 0) is 13.1 Å². The van der Waals surface area contributed by atoms with Gasteiger partial charge in [-0.3, -0.25) is 4.79 Å². The van der Waals surface area contributed by atoms with Gasteiger partial charge in [-0.15, -0.1) is 0 Å². The first-order chi connectivity index (χ1) is 14.8. The Morgan fingerprint density at radius 2 is 1.97 bits per heavy atom. The molecular formula is C22H19F2N3O4. The average molecular weight is 427 g/mol. The molecule has 160 valence electrons. The van der Waals surface area contributed by atoms with E-state index in [2.05, 4.69) is 0 Å². The van der Waals surface area contributed by atoms with E-state index in [-0.39, 0.29) is 30.3 Å².